The van der Waals surface area contributed by atoms with Gasteiger partial charge in [0.05, 0.1) is 6.33 Å². The second-order valence-electron chi connectivity index (χ2n) is 5.88. The van der Waals surface area contributed by atoms with Crippen LogP contribution in [0.2, 0.25) is 0 Å². The number of sulfonamides is 1. The number of nitrogens with two attached hydrogens (primary N) is 1. The van der Waals surface area contributed by atoms with Crippen LogP contribution < -0.4 is 5.73 Å². The van der Waals surface area contributed by atoms with Crippen LogP contribution in [0.3, 0.4) is 0 Å². The molecule has 0 bridgehead atoms. The van der Waals surface area contributed by atoms with Crippen LogP contribution in [0.15, 0.2) is 17.6 Å². The topological polar surface area (TPSA) is 81.2 Å². The predicted molar refractivity (Wildman–Crippen MR) is 77.7 cm³/mol. The largest absolute Gasteiger partial charge is 0.334 e. The highest BCUT2D eigenvalue weighted by molar-refractivity contribution is 7.89. The van der Waals surface area contributed by atoms with Crippen molar-refractivity contribution in [3.05, 3.63) is 12.5 Å². The van der Waals surface area contributed by atoms with E-state index in [9.17, 15) is 8.42 Å². The molecule has 0 spiro atoms. The number of hydrogen-bond donors (Lipinski definition) is 1. The van der Waals surface area contributed by atoms with Gasteiger partial charge in [0.15, 0.2) is 5.03 Å². The minimum Gasteiger partial charge on any atom is -0.334 e. The van der Waals surface area contributed by atoms with Crippen molar-refractivity contribution in [3.63, 3.8) is 0 Å². The minimum absolute atomic E-state index is 0.0150. The first-order valence-corrected chi connectivity index (χ1v) is 8.55. The van der Waals surface area contributed by atoms with Crippen LogP contribution in [-0.2, 0) is 10.0 Å². The maximum Gasteiger partial charge on any atom is 0.262 e. The fourth-order valence-corrected chi connectivity index (χ4v) is 3.94. The third-order valence-corrected chi connectivity index (χ3v) is 5.69. The van der Waals surface area contributed by atoms with Crippen LogP contribution in [0.25, 0.3) is 0 Å². The molecular formula is C13H24N4O2S. The maximum atomic E-state index is 12.6. The summed E-state index contributed by atoms with van der Waals surface area (Å²) in [6.45, 7) is 6.97. The molecule has 0 aromatic carbocycles. The molecule has 2 rings (SSSR count). The van der Waals surface area contributed by atoms with Crippen LogP contribution in [0.1, 0.15) is 39.7 Å². The van der Waals surface area contributed by atoms with Gasteiger partial charge in [0, 0.05) is 31.4 Å². The Balaban J connectivity index is 2.20. The lowest BCUT2D eigenvalue weighted by atomic mass is 9.93. The summed E-state index contributed by atoms with van der Waals surface area (Å²) in [6.07, 6.45) is 5.03. The van der Waals surface area contributed by atoms with Gasteiger partial charge in [-0.3, -0.25) is 0 Å². The van der Waals surface area contributed by atoms with Gasteiger partial charge in [-0.05, 0) is 39.5 Å². The van der Waals surface area contributed by atoms with E-state index in [1.54, 1.807) is 17.1 Å². The zero-order valence-electron chi connectivity index (χ0n) is 12.4. The van der Waals surface area contributed by atoms with Crippen LogP contribution in [0.5, 0.6) is 0 Å². The molecule has 7 heteroatoms. The van der Waals surface area contributed by atoms with E-state index in [0.717, 1.165) is 12.8 Å². The molecule has 1 aromatic rings. The average Bonchev–Trinajstić information content (AvgIpc) is 2.89. The predicted octanol–water partition coefficient (Wildman–Crippen LogP) is 1.21. The molecule has 20 heavy (non-hydrogen) atoms. The van der Waals surface area contributed by atoms with Gasteiger partial charge >= 0.3 is 0 Å². The molecule has 0 unspecified atom stereocenters. The van der Waals surface area contributed by atoms with E-state index in [1.165, 1.54) is 4.31 Å². The summed E-state index contributed by atoms with van der Waals surface area (Å²) in [4.78, 5) is 4.06. The third kappa shape index (κ3) is 3.05. The summed E-state index contributed by atoms with van der Waals surface area (Å²) in [6, 6.07) is 0.214. The van der Waals surface area contributed by atoms with Gasteiger partial charge in [-0.25, -0.2) is 13.4 Å². The maximum absolute atomic E-state index is 12.6. The molecule has 1 fully saturated rings. The number of piperidine rings is 1. The summed E-state index contributed by atoms with van der Waals surface area (Å²) in [5, 5.41) is 0.136. The molecular weight excluding hydrogens is 276 g/mol. The Morgan fingerprint density at radius 2 is 2.10 bits per heavy atom. The normalized spacial score (nSPS) is 23.1. The number of aromatic nitrogens is 2. The first-order valence-electron chi connectivity index (χ1n) is 7.11. The molecule has 0 aliphatic carbocycles. The standard InChI is InChI=1S/C13H24N4O2S/c1-10(2)16-8-13(15-9-16)20(18,19)17-6-4-5-12(7-17)11(3)14/h8-12H,4-7,14H2,1-3H3/t11-,12-/m0/s1. The zero-order valence-corrected chi connectivity index (χ0v) is 13.2. The molecule has 0 radical (unpaired) electrons. The molecule has 1 aliphatic heterocycles. The van der Waals surface area contributed by atoms with E-state index in [4.69, 9.17) is 5.73 Å². The Bertz CT molecular complexity index is 550. The van der Waals surface area contributed by atoms with E-state index in [1.807, 2.05) is 20.8 Å². The van der Waals surface area contributed by atoms with Gasteiger partial charge in [0.1, 0.15) is 0 Å². The number of hydrogen-bond acceptors (Lipinski definition) is 4. The van der Waals surface area contributed by atoms with Crippen molar-refractivity contribution < 1.29 is 8.42 Å². The summed E-state index contributed by atoms with van der Waals surface area (Å²) < 4.78 is 28.5. The molecule has 2 heterocycles. The number of imidazole rings is 1. The quantitative estimate of drug-likeness (QED) is 0.906. The monoisotopic (exact) mass is 300 g/mol. The van der Waals surface area contributed by atoms with Crippen molar-refractivity contribution in [2.75, 3.05) is 13.1 Å². The molecule has 1 aliphatic rings. The zero-order chi connectivity index (χ0) is 14.9. The lowest BCUT2D eigenvalue weighted by Crippen LogP contribution is -2.45. The van der Waals surface area contributed by atoms with E-state index in [2.05, 4.69) is 4.98 Å². The van der Waals surface area contributed by atoms with Crippen molar-refractivity contribution in [2.24, 2.45) is 11.7 Å². The Morgan fingerprint density at radius 1 is 1.40 bits per heavy atom. The SMILES string of the molecule is CC(C)n1cnc(S(=O)(=O)N2CCC[C@H]([C@H](C)N)C2)c1. The molecule has 1 aromatic heterocycles. The summed E-state index contributed by atoms with van der Waals surface area (Å²) in [5.41, 5.74) is 5.91. The first-order chi connectivity index (χ1) is 9.32. The molecule has 6 nitrogen and oxygen atoms in total. The smallest absolute Gasteiger partial charge is 0.262 e. The van der Waals surface area contributed by atoms with E-state index >= 15 is 0 Å². The average molecular weight is 300 g/mol. The van der Waals surface area contributed by atoms with Crippen LogP contribution in [0, 0.1) is 5.92 Å². The fraction of sp³-hybridized carbons (Fsp3) is 0.769. The van der Waals surface area contributed by atoms with Gasteiger partial charge < -0.3 is 10.3 Å². The molecule has 0 amide bonds. The number of nitrogens with zero attached hydrogens (tertiary/aromatic N) is 3. The van der Waals surface area contributed by atoms with Crippen LogP contribution in [0.4, 0.5) is 0 Å². The summed E-state index contributed by atoms with van der Waals surface area (Å²) in [7, 11) is -3.50. The van der Waals surface area contributed by atoms with Crippen LogP contribution >= 0.6 is 0 Å². The van der Waals surface area contributed by atoms with Crippen molar-refractivity contribution >= 4 is 10.0 Å². The highest BCUT2D eigenvalue weighted by Gasteiger charge is 2.32. The second kappa shape index (κ2) is 5.83. The number of rotatable bonds is 4. The van der Waals surface area contributed by atoms with E-state index < -0.39 is 10.0 Å². The molecule has 0 saturated carbocycles. The molecule has 2 N–H and O–H groups in total. The van der Waals surface area contributed by atoms with Gasteiger partial charge in [0.25, 0.3) is 10.0 Å². The Morgan fingerprint density at radius 3 is 2.65 bits per heavy atom. The van der Waals surface area contributed by atoms with Crippen molar-refractivity contribution in [3.8, 4) is 0 Å². The van der Waals surface area contributed by atoms with E-state index in [-0.39, 0.29) is 23.0 Å². The van der Waals surface area contributed by atoms with Crippen molar-refractivity contribution in [2.45, 2.75) is 50.7 Å². The Hall–Kier alpha value is -0.920. The lowest BCUT2D eigenvalue weighted by Gasteiger charge is -2.33. The van der Waals surface area contributed by atoms with Gasteiger partial charge in [-0.2, -0.15) is 4.31 Å². The van der Waals surface area contributed by atoms with E-state index in [0.29, 0.717) is 13.1 Å². The van der Waals surface area contributed by atoms with Crippen molar-refractivity contribution in [1.82, 2.24) is 13.9 Å². The minimum atomic E-state index is -3.50. The van der Waals surface area contributed by atoms with Gasteiger partial charge in [-0.1, -0.05) is 0 Å². The molecule has 1 saturated heterocycles. The van der Waals surface area contributed by atoms with Gasteiger partial charge in [-0.15, -0.1) is 0 Å². The molecule has 114 valence electrons. The second-order valence-corrected chi connectivity index (χ2v) is 7.76. The van der Waals surface area contributed by atoms with Gasteiger partial charge in [0.2, 0.25) is 0 Å². The Labute approximate surface area is 121 Å². The third-order valence-electron chi connectivity index (χ3n) is 3.94. The Kier molecular flexibility index (Phi) is 4.51. The fourth-order valence-electron chi connectivity index (χ4n) is 2.49. The summed E-state index contributed by atoms with van der Waals surface area (Å²) in [5.74, 6) is 0.228. The van der Waals surface area contributed by atoms with Crippen LogP contribution in [-0.4, -0.2) is 41.4 Å². The van der Waals surface area contributed by atoms with Crippen molar-refractivity contribution in [1.29, 1.82) is 0 Å². The molecule has 2 atom stereocenters. The highest BCUT2D eigenvalue weighted by Crippen LogP contribution is 2.24. The lowest BCUT2D eigenvalue weighted by molar-refractivity contribution is 0.242. The first kappa shape index (κ1) is 15.5. The summed E-state index contributed by atoms with van der Waals surface area (Å²) >= 11 is 0. The highest BCUT2D eigenvalue weighted by atomic mass is 32.2.